The van der Waals surface area contributed by atoms with E-state index in [1.807, 2.05) is 0 Å². The van der Waals surface area contributed by atoms with E-state index in [9.17, 15) is 39.6 Å². The minimum atomic E-state index is -0.940. The maximum atomic E-state index is 12.5. The van der Waals surface area contributed by atoms with Crippen LogP contribution in [0.2, 0.25) is 0 Å². The Kier molecular flexibility index (Phi) is 6.74. The van der Waals surface area contributed by atoms with E-state index in [4.69, 9.17) is 9.47 Å². The number of amides is 1. The van der Waals surface area contributed by atoms with Crippen molar-refractivity contribution in [1.82, 2.24) is 14.5 Å². The van der Waals surface area contributed by atoms with Crippen molar-refractivity contribution in [2.24, 2.45) is 0 Å². The molecular formula is C20H23N3O10. The molecule has 33 heavy (non-hydrogen) atoms. The number of aryl methyl sites for hydroxylation is 1. The molecule has 0 bridgehead atoms. The van der Waals surface area contributed by atoms with Crippen molar-refractivity contribution in [3.05, 3.63) is 50.3 Å². The highest BCUT2D eigenvalue weighted by atomic mass is 16.6. The standard InChI is InChI=1S/C20H23N3O10/c1-9-6-23(20(31)21-18(9)29)15-5-13(14(8-24)32-15)33-16(27)7-22(2)19(30)10-3-11(25)17(28)12(26)4-10/h3-4,6,13-15,24-26,28H,5,7-8H2,1-2H3,(H,21,29,31). The first-order valence-electron chi connectivity index (χ1n) is 9.80. The van der Waals surface area contributed by atoms with E-state index in [2.05, 4.69) is 4.98 Å². The summed E-state index contributed by atoms with van der Waals surface area (Å²) < 4.78 is 12.1. The van der Waals surface area contributed by atoms with E-state index in [1.165, 1.54) is 20.2 Å². The number of carbonyl (C=O) groups is 2. The first-order chi connectivity index (χ1) is 15.5. The molecule has 0 saturated carbocycles. The van der Waals surface area contributed by atoms with Crippen LogP contribution in [0.1, 0.15) is 28.6 Å². The Morgan fingerprint density at radius 1 is 1.24 bits per heavy atom. The molecule has 3 rings (SSSR count). The highest BCUT2D eigenvalue weighted by Gasteiger charge is 2.39. The number of hydrogen-bond donors (Lipinski definition) is 5. The number of aromatic nitrogens is 2. The molecule has 1 aliphatic rings. The smallest absolute Gasteiger partial charge is 0.330 e. The summed E-state index contributed by atoms with van der Waals surface area (Å²) in [6, 6.07) is 1.86. The third-order valence-electron chi connectivity index (χ3n) is 5.13. The van der Waals surface area contributed by atoms with Gasteiger partial charge in [-0.15, -0.1) is 0 Å². The highest BCUT2D eigenvalue weighted by molar-refractivity contribution is 5.97. The molecule has 1 aromatic carbocycles. The monoisotopic (exact) mass is 465 g/mol. The van der Waals surface area contributed by atoms with Crippen LogP contribution in [0.5, 0.6) is 17.2 Å². The number of aliphatic hydroxyl groups is 1. The van der Waals surface area contributed by atoms with Crippen LogP contribution in [0.4, 0.5) is 0 Å². The maximum absolute atomic E-state index is 12.5. The van der Waals surface area contributed by atoms with Gasteiger partial charge in [-0.1, -0.05) is 0 Å². The number of nitrogens with zero attached hydrogens (tertiary/aromatic N) is 2. The molecule has 2 heterocycles. The van der Waals surface area contributed by atoms with Crippen molar-refractivity contribution in [3.63, 3.8) is 0 Å². The summed E-state index contributed by atoms with van der Waals surface area (Å²) in [4.78, 5) is 51.6. The molecule has 1 aliphatic heterocycles. The average molecular weight is 465 g/mol. The fourth-order valence-corrected chi connectivity index (χ4v) is 3.38. The Bertz CT molecular complexity index is 1160. The quantitative estimate of drug-likeness (QED) is 0.259. The van der Waals surface area contributed by atoms with E-state index in [-0.39, 0.29) is 17.5 Å². The predicted molar refractivity (Wildman–Crippen MR) is 110 cm³/mol. The number of hydrogen-bond acceptors (Lipinski definition) is 10. The zero-order chi connectivity index (χ0) is 24.4. The van der Waals surface area contributed by atoms with Crippen molar-refractivity contribution in [1.29, 1.82) is 0 Å². The number of H-pyrrole nitrogens is 1. The number of rotatable bonds is 6. The molecule has 1 fully saturated rings. The lowest BCUT2D eigenvalue weighted by molar-refractivity contribution is -0.153. The first kappa shape index (κ1) is 23.8. The molecule has 1 saturated heterocycles. The predicted octanol–water partition coefficient (Wildman–Crippen LogP) is -1.07. The van der Waals surface area contributed by atoms with Crippen LogP contribution in [0.3, 0.4) is 0 Å². The van der Waals surface area contributed by atoms with E-state index < -0.39 is 72.0 Å². The number of aromatic amines is 1. The second-order valence-electron chi connectivity index (χ2n) is 7.58. The minimum Gasteiger partial charge on any atom is -0.504 e. The number of esters is 1. The molecule has 3 atom stereocenters. The number of likely N-dealkylation sites (N-methyl/N-ethyl adjacent to an activating group) is 1. The number of aromatic hydroxyl groups is 3. The van der Waals surface area contributed by atoms with Crippen molar-refractivity contribution in [2.45, 2.75) is 31.8 Å². The number of benzene rings is 1. The van der Waals surface area contributed by atoms with Gasteiger partial charge in [0.25, 0.3) is 11.5 Å². The Morgan fingerprint density at radius 2 is 1.88 bits per heavy atom. The number of aliphatic hydroxyl groups excluding tert-OH is 1. The SMILES string of the molecule is Cc1cn(C2CC(OC(=O)CN(C)C(=O)c3cc(O)c(O)c(O)c3)C(CO)O2)c(=O)[nH]c1=O. The van der Waals surface area contributed by atoms with Crippen LogP contribution in [-0.2, 0) is 14.3 Å². The van der Waals surface area contributed by atoms with Crippen LogP contribution in [0, 0.1) is 6.92 Å². The largest absolute Gasteiger partial charge is 0.504 e. The lowest BCUT2D eigenvalue weighted by atomic mass is 10.1. The minimum absolute atomic E-state index is 0.0136. The summed E-state index contributed by atoms with van der Waals surface area (Å²) in [5.74, 6) is -3.77. The molecule has 1 amide bonds. The summed E-state index contributed by atoms with van der Waals surface area (Å²) in [6.07, 6.45) is -1.45. The summed E-state index contributed by atoms with van der Waals surface area (Å²) >= 11 is 0. The summed E-state index contributed by atoms with van der Waals surface area (Å²) in [5.41, 5.74) is -1.17. The molecule has 2 aromatic rings. The fraction of sp³-hybridized carbons (Fsp3) is 0.400. The van der Waals surface area contributed by atoms with Gasteiger partial charge < -0.3 is 34.8 Å². The Balaban J connectivity index is 1.67. The normalized spacial score (nSPS) is 19.9. The lowest BCUT2D eigenvalue weighted by Crippen LogP contribution is -2.37. The molecule has 3 unspecified atom stereocenters. The van der Waals surface area contributed by atoms with E-state index in [0.29, 0.717) is 0 Å². The Morgan fingerprint density at radius 3 is 2.48 bits per heavy atom. The topological polar surface area (TPSA) is 192 Å². The van der Waals surface area contributed by atoms with Crippen molar-refractivity contribution >= 4 is 11.9 Å². The Labute approximate surface area is 186 Å². The van der Waals surface area contributed by atoms with Gasteiger partial charge >= 0.3 is 11.7 Å². The van der Waals surface area contributed by atoms with Gasteiger partial charge in [-0.2, -0.15) is 0 Å². The molecule has 0 aliphatic carbocycles. The van der Waals surface area contributed by atoms with Crippen LogP contribution in [0.25, 0.3) is 0 Å². The Hall–Kier alpha value is -3.84. The zero-order valence-electron chi connectivity index (χ0n) is 17.7. The van der Waals surface area contributed by atoms with Crippen LogP contribution in [-0.4, -0.2) is 79.2 Å². The van der Waals surface area contributed by atoms with E-state index >= 15 is 0 Å². The molecule has 5 N–H and O–H groups in total. The summed E-state index contributed by atoms with van der Waals surface area (Å²) in [7, 11) is 1.28. The van der Waals surface area contributed by atoms with Crippen molar-refractivity contribution in [3.8, 4) is 17.2 Å². The maximum Gasteiger partial charge on any atom is 0.330 e. The average Bonchev–Trinajstić information content (AvgIpc) is 3.15. The second-order valence-corrected chi connectivity index (χ2v) is 7.58. The fourth-order valence-electron chi connectivity index (χ4n) is 3.38. The van der Waals surface area contributed by atoms with Gasteiger partial charge in [0.2, 0.25) is 0 Å². The first-order valence-corrected chi connectivity index (χ1v) is 9.80. The molecule has 1 aromatic heterocycles. The van der Waals surface area contributed by atoms with Gasteiger partial charge in [0.1, 0.15) is 25.0 Å². The highest BCUT2D eigenvalue weighted by Crippen LogP contribution is 2.35. The van der Waals surface area contributed by atoms with Gasteiger partial charge in [0.15, 0.2) is 17.2 Å². The zero-order valence-corrected chi connectivity index (χ0v) is 17.7. The van der Waals surface area contributed by atoms with Crippen LogP contribution >= 0.6 is 0 Å². The molecule has 178 valence electrons. The molecule has 13 heteroatoms. The van der Waals surface area contributed by atoms with Gasteiger partial charge in [-0.05, 0) is 19.1 Å². The number of phenols is 3. The van der Waals surface area contributed by atoms with E-state index in [1.54, 1.807) is 0 Å². The molecule has 0 radical (unpaired) electrons. The van der Waals surface area contributed by atoms with Gasteiger partial charge in [0, 0.05) is 30.8 Å². The number of carbonyl (C=O) groups excluding carboxylic acids is 2. The molecular weight excluding hydrogens is 442 g/mol. The van der Waals surface area contributed by atoms with Crippen molar-refractivity contribution in [2.75, 3.05) is 20.2 Å². The van der Waals surface area contributed by atoms with Crippen LogP contribution < -0.4 is 11.2 Å². The second kappa shape index (κ2) is 9.34. The third kappa shape index (κ3) is 4.99. The summed E-state index contributed by atoms with van der Waals surface area (Å²) in [6.45, 7) is 0.482. The lowest BCUT2D eigenvalue weighted by Gasteiger charge is -2.20. The third-order valence-corrected chi connectivity index (χ3v) is 5.13. The summed E-state index contributed by atoms with van der Waals surface area (Å²) in [5, 5.41) is 38.1. The van der Waals surface area contributed by atoms with Gasteiger partial charge in [0.05, 0.1) is 6.61 Å². The number of phenolic OH excluding ortho intramolecular Hbond substituents is 3. The van der Waals surface area contributed by atoms with Crippen molar-refractivity contribution < 1.29 is 39.5 Å². The van der Waals surface area contributed by atoms with Gasteiger partial charge in [-0.25, -0.2) is 4.79 Å². The number of ether oxygens (including phenoxy) is 2. The molecule has 0 spiro atoms. The number of nitrogens with one attached hydrogen (secondary N) is 1. The van der Waals surface area contributed by atoms with Gasteiger partial charge in [-0.3, -0.25) is 23.9 Å². The molecule has 13 nitrogen and oxygen atoms in total. The van der Waals surface area contributed by atoms with E-state index in [0.717, 1.165) is 21.6 Å². The van der Waals surface area contributed by atoms with Crippen LogP contribution in [0.15, 0.2) is 27.9 Å².